The van der Waals surface area contributed by atoms with Gasteiger partial charge in [0.25, 0.3) is 0 Å². The molecular formula is C28H35ClN6O3. The van der Waals surface area contributed by atoms with Gasteiger partial charge in [0.15, 0.2) is 0 Å². The van der Waals surface area contributed by atoms with Crippen LogP contribution in [0.4, 0.5) is 15.4 Å². The zero-order valence-electron chi connectivity index (χ0n) is 21.9. The van der Waals surface area contributed by atoms with E-state index < -0.39 is 0 Å². The van der Waals surface area contributed by atoms with Gasteiger partial charge in [-0.1, -0.05) is 12.1 Å². The topological polar surface area (TPSA) is 99.7 Å². The van der Waals surface area contributed by atoms with Crippen LogP contribution < -0.4 is 10.6 Å². The normalized spacial score (nSPS) is 15.6. The maximum Gasteiger partial charge on any atom is 0.410 e. The summed E-state index contributed by atoms with van der Waals surface area (Å²) in [6.45, 7) is 8.84. The Hall–Kier alpha value is -3.43. The standard InChI is InChI=1S/C28H34N6O3.ClH/c1-3-29-27(35)32-26-15-24-23(21-8-9-30-19(2)14-21)7-6-22(25(24)16-31-26)18-37-28(36)34-12-10-33(11-13-34)17-20-4-5-20;/h6-9,14-16,20H,3-5,10-13,17-18H2,1-2H3,(H2,29,31,32,35);1H. The van der Waals surface area contributed by atoms with Crippen LogP contribution in [0.1, 0.15) is 31.0 Å². The largest absolute Gasteiger partial charge is 0.445 e. The fourth-order valence-corrected chi connectivity index (χ4v) is 4.79. The second kappa shape index (κ2) is 12.4. The number of hydrogen-bond donors (Lipinski definition) is 2. The molecule has 2 aliphatic rings. The first kappa shape index (κ1) is 27.6. The maximum atomic E-state index is 12.8. The molecule has 5 rings (SSSR count). The highest BCUT2D eigenvalue weighted by Gasteiger charge is 2.28. The fraction of sp³-hybridized carbons (Fsp3) is 0.429. The van der Waals surface area contributed by atoms with Crippen LogP contribution in [0.25, 0.3) is 21.9 Å². The predicted molar refractivity (Wildman–Crippen MR) is 151 cm³/mol. The number of pyridine rings is 2. The number of aryl methyl sites for hydroxylation is 1. The third-order valence-corrected chi connectivity index (χ3v) is 6.97. The van der Waals surface area contributed by atoms with Gasteiger partial charge in [0, 0.05) is 62.7 Å². The minimum absolute atomic E-state index is 0. The van der Waals surface area contributed by atoms with Crippen LogP contribution in [0.15, 0.2) is 42.7 Å². The van der Waals surface area contributed by atoms with Gasteiger partial charge in [0.2, 0.25) is 0 Å². The number of anilines is 1. The van der Waals surface area contributed by atoms with Crippen molar-refractivity contribution in [2.45, 2.75) is 33.3 Å². The molecule has 0 unspecified atom stereocenters. The highest BCUT2D eigenvalue weighted by molar-refractivity contribution is 6.00. The number of piperazine rings is 1. The van der Waals surface area contributed by atoms with Crippen molar-refractivity contribution >= 4 is 41.1 Å². The number of nitrogens with zero attached hydrogens (tertiary/aromatic N) is 4. The first-order chi connectivity index (χ1) is 18.0. The van der Waals surface area contributed by atoms with E-state index in [1.807, 2.05) is 44.2 Å². The molecule has 1 aliphatic carbocycles. The lowest BCUT2D eigenvalue weighted by Crippen LogP contribution is -2.49. The number of urea groups is 1. The monoisotopic (exact) mass is 538 g/mol. The van der Waals surface area contributed by atoms with E-state index in [2.05, 4.69) is 25.5 Å². The molecule has 0 bridgehead atoms. The first-order valence-corrected chi connectivity index (χ1v) is 13.0. The van der Waals surface area contributed by atoms with Crippen molar-refractivity contribution in [1.29, 1.82) is 0 Å². The molecule has 38 heavy (non-hydrogen) atoms. The van der Waals surface area contributed by atoms with Gasteiger partial charge in [0.1, 0.15) is 12.4 Å². The van der Waals surface area contributed by atoms with Crippen molar-refractivity contribution in [2.24, 2.45) is 5.92 Å². The van der Waals surface area contributed by atoms with E-state index in [0.29, 0.717) is 25.5 Å². The van der Waals surface area contributed by atoms with Crippen molar-refractivity contribution < 1.29 is 14.3 Å². The second-order valence-corrected chi connectivity index (χ2v) is 9.84. The zero-order chi connectivity index (χ0) is 25.8. The number of carbonyl (C=O) groups excluding carboxylic acids is 2. The van der Waals surface area contributed by atoms with Crippen LogP contribution in [0.2, 0.25) is 0 Å². The summed E-state index contributed by atoms with van der Waals surface area (Å²) in [5.74, 6) is 1.31. The van der Waals surface area contributed by atoms with E-state index in [1.165, 1.54) is 12.8 Å². The van der Waals surface area contributed by atoms with Crippen molar-refractivity contribution in [3.63, 3.8) is 0 Å². The number of benzene rings is 1. The molecule has 2 N–H and O–H groups in total. The molecule has 0 atom stereocenters. The Morgan fingerprint density at radius 1 is 1.05 bits per heavy atom. The lowest BCUT2D eigenvalue weighted by molar-refractivity contribution is 0.0709. The molecule has 9 nitrogen and oxygen atoms in total. The molecule has 1 aliphatic heterocycles. The first-order valence-electron chi connectivity index (χ1n) is 13.0. The van der Waals surface area contributed by atoms with Crippen LogP contribution in [0.5, 0.6) is 0 Å². The third-order valence-electron chi connectivity index (χ3n) is 6.97. The summed E-state index contributed by atoms with van der Waals surface area (Å²) >= 11 is 0. The van der Waals surface area contributed by atoms with E-state index in [1.54, 1.807) is 17.3 Å². The number of aromatic nitrogens is 2. The average molecular weight is 539 g/mol. The van der Waals surface area contributed by atoms with Gasteiger partial charge in [-0.2, -0.15) is 0 Å². The highest BCUT2D eigenvalue weighted by Crippen LogP contribution is 2.33. The van der Waals surface area contributed by atoms with Crippen LogP contribution in [-0.4, -0.2) is 71.2 Å². The van der Waals surface area contributed by atoms with Gasteiger partial charge in [-0.25, -0.2) is 14.6 Å². The van der Waals surface area contributed by atoms with E-state index >= 15 is 0 Å². The van der Waals surface area contributed by atoms with Crippen molar-refractivity contribution in [1.82, 2.24) is 25.1 Å². The van der Waals surface area contributed by atoms with E-state index in [4.69, 9.17) is 4.74 Å². The van der Waals surface area contributed by atoms with Crippen LogP contribution >= 0.6 is 12.4 Å². The number of amides is 3. The van der Waals surface area contributed by atoms with Gasteiger partial charge in [0.05, 0.1) is 0 Å². The summed E-state index contributed by atoms with van der Waals surface area (Å²) < 4.78 is 5.75. The number of halogens is 1. The summed E-state index contributed by atoms with van der Waals surface area (Å²) in [4.78, 5) is 37.9. The Bertz CT molecular complexity index is 1290. The average Bonchev–Trinajstić information content (AvgIpc) is 3.71. The Kier molecular flexibility index (Phi) is 9.01. The highest BCUT2D eigenvalue weighted by atomic mass is 35.5. The fourth-order valence-electron chi connectivity index (χ4n) is 4.79. The summed E-state index contributed by atoms with van der Waals surface area (Å²) in [7, 11) is 0. The lowest BCUT2D eigenvalue weighted by atomic mass is 9.96. The van der Waals surface area contributed by atoms with Crippen molar-refractivity contribution in [3.05, 3.63) is 54.0 Å². The predicted octanol–water partition coefficient (Wildman–Crippen LogP) is 4.83. The summed E-state index contributed by atoms with van der Waals surface area (Å²) in [6, 6.07) is 9.54. The summed E-state index contributed by atoms with van der Waals surface area (Å²) in [5, 5.41) is 7.29. The maximum absolute atomic E-state index is 12.8. The second-order valence-electron chi connectivity index (χ2n) is 9.84. The van der Waals surface area contributed by atoms with Gasteiger partial charge in [-0.3, -0.25) is 15.2 Å². The number of hydrogen-bond acceptors (Lipinski definition) is 6. The molecule has 10 heteroatoms. The smallest absolute Gasteiger partial charge is 0.410 e. The molecule has 3 aromatic rings. The molecule has 2 fully saturated rings. The Balaban J connectivity index is 0.00000336. The number of ether oxygens (including phenoxy) is 1. The molecule has 202 valence electrons. The number of rotatable bonds is 7. The molecule has 3 heterocycles. The Labute approximate surface area is 229 Å². The molecule has 1 aromatic carbocycles. The molecular weight excluding hydrogens is 504 g/mol. The number of nitrogens with one attached hydrogen (secondary N) is 2. The van der Waals surface area contributed by atoms with Gasteiger partial charge < -0.3 is 15.0 Å². The number of carbonyl (C=O) groups is 2. The minimum Gasteiger partial charge on any atom is -0.445 e. The molecule has 0 radical (unpaired) electrons. The third kappa shape index (κ3) is 6.71. The van der Waals surface area contributed by atoms with E-state index in [-0.39, 0.29) is 31.1 Å². The molecule has 1 saturated carbocycles. The Morgan fingerprint density at radius 3 is 2.55 bits per heavy atom. The summed E-state index contributed by atoms with van der Waals surface area (Å²) in [6.07, 6.45) is 5.91. The zero-order valence-corrected chi connectivity index (χ0v) is 22.7. The molecule has 0 spiro atoms. The number of fused-ring (bicyclic) bond motifs is 1. The lowest BCUT2D eigenvalue weighted by Gasteiger charge is -2.34. The molecule has 1 saturated heterocycles. The van der Waals surface area contributed by atoms with Gasteiger partial charge >= 0.3 is 12.1 Å². The summed E-state index contributed by atoms with van der Waals surface area (Å²) in [5.41, 5.74) is 3.78. The van der Waals surface area contributed by atoms with Gasteiger partial charge in [-0.15, -0.1) is 12.4 Å². The van der Waals surface area contributed by atoms with Crippen molar-refractivity contribution in [3.8, 4) is 11.1 Å². The quantitative estimate of drug-likeness (QED) is 0.447. The molecule has 2 aromatic heterocycles. The van der Waals surface area contributed by atoms with Crippen molar-refractivity contribution in [2.75, 3.05) is 44.6 Å². The Morgan fingerprint density at radius 2 is 1.84 bits per heavy atom. The van der Waals surface area contributed by atoms with Gasteiger partial charge in [-0.05, 0) is 72.9 Å². The SMILES string of the molecule is CCNC(=O)Nc1cc2c(-c3ccnc(C)c3)ccc(COC(=O)N3CCN(CC4CC4)CC3)c2cn1.Cl. The van der Waals surface area contributed by atoms with E-state index in [9.17, 15) is 9.59 Å². The van der Waals surface area contributed by atoms with E-state index in [0.717, 1.165) is 58.7 Å². The van der Waals surface area contributed by atoms with Crippen LogP contribution in [0.3, 0.4) is 0 Å². The van der Waals surface area contributed by atoms with Crippen LogP contribution in [-0.2, 0) is 11.3 Å². The molecule has 3 amide bonds. The minimum atomic E-state index is -0.307. The van der Waals surface area contributed by atoms with Crippen LogP contribution in [0, 0.1) is 12.8 Å².